The lowest BCUT2D eigenvalue weighted by Gasteiger charge is -2.49. The molecule has 0 aromatic heterocycles. The van der Waals surface area contributed by atoms with Crippen LogP contribution in [0.15, 0.2) is 18.2 Å². The summed E-state index contributed by atoms with van der Waals surface area (Å²) in [4.78, 5) is 12.4. The van der Waals surface area contributed by atoms with Gasteiger partial charge in [0.05, 0.1) is 32.0 Å². The highest BCUT2D eigenvalue weighted by Crippen LogP contribution is 2.37. The van der Waals surface area contributed by atoms with E-state index in [1.54, 1.807) is 0 Å². The van der Waals surface area contributed by atoms with Gasteiger partial charge in [-0.2, -0.15) is 0 Å². The molecule has 4 aliphatic heterocycles. The van der Waals surface area contributed by atoms with E-state index in [1.807, 2.05) is 6.92 Å². The fourth-order valence-corrected chi connectivity index (χ4v) is 8.27. The predicted octanol–water partition coefficient (Wildman–Crippen LogP) is -4.39. The molecule has 4 heterocycles. The van der Waals surface area contributed by atoms with Gasteiger partial charge in [0.15, 0.2) is 18.9 Å². The van der Waals surface area contributed by atoms with Crippen LogP contribution in [-0.4, -0.2) is 221 Å². The number of Topliss-reactive ketones (excluding diaryl/α,β-unsaturated/α-hetero) is 1. The van der Waals surface area contributed by atoms with Gasteiger partial charge in [-0.3, -0.25) is 4.79 Å². The molecule has 0 saturated carbocycles. The van der Waals surface area contributed by atoms with Crippen LogP contribution in [0.1, 0.15) is 56.6 Å². The normalized spacial score (nSPS) is 40.2. The van der Waals surface area contributed by atoms with Gasteiger partial charge in [0, 0.05) is 19.3 Å². The van der Waals surface area contributed by atoms with Gasteiger partial charge in [-0.05, 0) is 36.5 Å². The standard InChI is InChI=1S/C42H62F2O22/c1-3-5-7-19(49)11-17(6-4-2)10-18-8-9-21(20(12-18)38(43)44)59-39-32(56)28(52)35(23(14-46)61-39)65-41-34(58)30(54)37(25(16-48)63-41)66-42-33(57)29(53)36(24(15-47)62-42)64-40-31(55)27(51)26(50)22(13-45)60-40/h2,8-9,12,17,22-42,45-48,50-58H,3,5-7,10-11,13-16H2,1H3/t17?,22?,23?,24?,25?,26-,27+,28-,29-,30-,31?,32?,33?,34?,35-,36-,37-,39-,40-,41-,42-/m1/s1. The number of hydrogen-bond donors (Lipinski definition) is 13. The number of ketones is 1. The van der Waals surface area contributed by atoms with Crippen molar-refractivity contribution in [2.24, 2.45) is 5.92 Å². The fraction of sp³-hybridized carbons (Fsp3) is 0.786. The summed E-state index contributed by atoms with van der Waals surface area (Å²) in [6.45, 7) is -1.74. The molecule has 1 aromatic carbocycles. The number of hydrogen-bond acceptors (Lipinski definition) is 22. The highest BCUT2D eigenvalue weighted by atomic mass is 19.3. The second kappa shape index (κ2) is 24.7. The lowest BCUT2D eigenvalue weighted by atomic mass is 9.90. The van der Waals surface area contributed by atoms with E-state index in [0.29, 0.717) is 18.4 Å². The van der Waals surface area contributed by atoms with E-state index >= 15 is 0 Å². The predicted molar refractivity (Wildman–Crippen MR) is 213 cm³/mol. The molecule has 0 amide bonds. The molecule has 4 aliphatic rings. The number of rotatable bonds is 21. The molecule has 21 atom stereocenters. The fourth-order valence-electron chi connectivity index (χ4n) is 8.27. The first-order chi connectivity index (χ1) is 31.4. The van der Waals surface area contributed by atoms with Gasteiger partial charge in [0.2, 0.25) is 6.29 Å². The molecule has 5 rings (SSSR count). The van der Waals surface area contributed by atoms with E-state index in [0.717, 1.165) is 12.5 Å². The molecule has 24 heteroatoms. The van der Waals surface area contributed by atoms with Crippen molar-refractivity contribution in [3.63, 3.8) is 0 Å². The summed E-state index contributed by atoms with van der Waals surface area (Å²) in [5.74, 6) is 1.78. The van der Waals surface area contributed by atoms with E-state index < -0.39 is 167 Å². The molecule has 0 radical (unpaired) electrons. The summed E-state index contributed by atoms with van der Waals surface area (Å²) in [6, 6.07) is 3.83. The number of carbonyl (C=O) groups is 1. The van der Waals surface area contributed by atoms with Crippen LogP contribution in [0.25, 0.3) is 0 Å². The SMILES string of the molecule is C#CCC(CC(=O)CCCC)Cc1ccc(O[C@@H]2OC(CO)[C@@H](O[C@H]3OC(CO)[C@@H](O[C@H]4OC(CO)[C@@H](O[C@H]5OC(CO)[C@@H](O)[C@H](O)C5O)[C@H](O)C4O)[C@H](O)C3O)[C@H](O)C2O)c(C(F)F)c1. The molecule has 0 bridgehead atoms. The third-order valence-corrected chi connectivity index (χ3v) is 12.0. The van der Waals surface area contributed by atoms with Crippen LogP contribution >= 0.6 is 0 Å². The number of aliphatic hydroxyl groups excluding tert-OH is 13. The van der Waals surface area contributed by atoms with Crippen molar-refractivity contribution in [1.82, 2.24) is 0 Å². The molecule has 376 valence electrons. The Hall–Kier alpha value is -2.69. The van der Waals surface area contributed by atoms with Crippen molar-refractivity contribution >= 4 is 5.78 Å². The van der Waals surface area contributed by atoms with E-state index in [9.17, 15) is 80.0 Å². The summed E-state index contributed by atoms with van der Waals surface area (Å²) in [7, 11) is 0. The van der Waals surface area contributed by atoms with Crippen LogP contribution in [0.2, 0.25) is 0 Å². The Morgan fingerprint density at radius 1 is 0.652 bits per heavy atom. The summed E-state index contributed by atoms with van der Waals surface area (Å²) >= 11 is 0. The Balaban J connectivity index is 1.22. The van der Waals surface area contributed by atoms with Gasteiger partial charge in [-0.25, -0.2) is 8.78 Å². The minimum Gasteiger partial charge on any atom is -0.461 e. The Morgan fingerprint density at radius 3 is 1.53 bits per heavy atom. The number of halogens is 2. The molecule has 4 saturated heterocycles. The molecule has 0 aliphatic carbocycles. The van der Waals surface area contributed by atoms with Crippen molar-refractivity contribution in [3.8, 4) is 18.1 Å². The van der Waals surface area contributed by atoms with E-state index in [4.69, 9.17) is 44.3 Å². The number of ether oxygens (including phenoxy) is 8. The molecule has 9 unspecified atom stereocenters. The summed E-state index contributed by atoms with van der Waals surface area (Å²) < 4.78 is 73.4. The lowest BCUT2D eigenvalue weighted by Crippen LogP contribution is -2.67. The largest absolute Gasteiger partial charge is 0.461 e. The van der Waals surface area contributed by atoms with Crippen LogP contribution in [0, 0.1) is 18.3 Å². The van der Waals surface area contributed by atoms with E-state index in [2.05, 4.69) is 5.92 Å². The van der Waals surface area contributed by atoms with Crippen LogP contribution in [-0.2, 0) is 44.4 Å². The number of alkyl halides is 2. The number of aliphatic hydroxyl groups is 13. The van der Waals surface area contributed by atoms with Crippen LogP contribution in [0.5, 0.6) is 5.75 Å². The highest BCUT2D eigenvalue weighted by molar-refractivity contribution is 5.78. The second-order valence-corrected chi connectivity index (χ2v) is 16.7. The van der Waals surface area contributed by atoms with Gasteiger partial charge in [0.1, 0.15) is 109 Å². The molecular formula is C42H62F2O22. The molecule has 1 aromatic rings. The molecule has 13 N–H and O–H groups in total. The Morgan fingerprint density at radius 2 is 1.09 bits per heavy atom. The van der Waals surface area contributed by atoms with E-state index in [-0.39, 0.29) is 31.0 Å². The molecule has 4 fully saturated rings. The zero-order chi connectivity index (χ0) is 48.6. The third kappa shape index (κ3) is 12.5. The summed E-state index contributed by atoms with van der Waals surface area (Å²) in [6.07, 6.45) is -32.2. The number of benzene rings is 1. The van der Waals surface area contributed by atoms with Gasteiger partial charge < -0.3 is 104 Å². The van der Waals surface area contributed by atoms with Crippen molar-refractivity contribution in [2.75, 3.05) is 26.4 Å². The maximum absolute atomic E-state index is 14.4. The topological polar surface area (TPSA) is 354 Å². The Kier molecular flexibility index (Phi) is 20.3. The smallest absolute Gasteiger partial charge is 0.267 e. The Labute approximate surface area is 377 Å². The first-order valence-corrected chi connectivity index (χ1v) is 21.6. The quantitative estimate of drug-likeness (QED) is 0.0518. The molecule has 22 nitrogen and oxygen atoms in total. The van der Waals surface area contributed by atoms with Gasteiger partial charge in [-0.1, -0.05) is 19.4 Å². The Bertz CT molecular complexity index is 1700. The number of unbranched alkanes of at least 4 members (excludes halogenated alkanes) is 1. The van der Waals surface area contributed by atoms with Gasteiger partial charge in [-0.15, -0.1) is 12.3 Å². The van der Waals surface area contributed by atoms with Crippen LogP contribution in [0.3, 0.4) is 0 Å². The van der Waals surface area contributed by atoms with Crippen molar-refractivity contribution in [3.05, 3.63) is 29.3 Å². The maximum atomic E-state index is 14.4. The zero-order valence-electron chi connectivity index (χ0n) is 35.8. The average Bonchev–Trinajstić information content (AvgIpc) is 3.30. The van der Waals surface area contributed by atoms with Gasteiger partial charge in [0.25, 0.3) is 6.43 Å². The molecule has 66 heavy (non-hydrogen) atoms. The average molecular weight is 957 g/mol. The number of carbonyl (C=O) groups excluding carboxylic acids is 1. The zero-order valence-corrected chi connectivity index (χ0v) is 35.8. The minimum atomic E-state index is -3.10. The lowest BCUT2D eigenvalue weighted by molar-refractivity contribution is -0.387. The summed E-state index contributed by atoms with van der Waals surface area (Å²) in [5, 5.41) is 137. The van der Waals surface area contributed by atoms with Crippen molar-refractivity contribution < 1.29 is 118 Å². The van der Waals surface area contributed by atoms with Crippen LogP contribution < -0.4 is 4.74 Å². The summed E-state index contributed by atoms with van der Waals surface area (Å²) in [5.41, 5.74) is -0.181. The van der Waals surface area contributed by atoms with Crippen molar-refractivity contribution in [2.45, 2.75) is 175 Å². The molecule has 0 spiro atoms. The first kappa shape index (κ1) is 54.3. The highest BCUT2D eigenvalue weighted by Gasteiger charge is 2.55. The van der Waals surface area contributed by atoms with Gasteiger partial charge >= 0.3 is 0 Å². The second-order valence-electron chi connectivity index (χ2n) is 16.7. The van der Waals surface area contributed by atoms with Crippen molar-refractivity contribution in [1.29, 1.82) is 0 Å². The minimum absolute atomic E-state index is 0.00821. The monoisotopic (exact) mass is 956 g/mol. The molecular weight excluding hydrogens is 894 g/mol. The third-order valence-electron chi connectivity index (χ3n) is 12.0. The number of terminal acetylenes is 1. The maximum Gasteiger partial charge on any atom is 0.267 e. The first-order valence-electron chi connectivity index (χ1n) is 21.6. The van der Waals surface area contributed by atoms with E-state index in [1.165, 1.54) is 12.1 Å². The van der Waals surface area contributed by atoms with Crippen LogP contribution in [0.4, 0.5) is 8.78 Å².